The molecule has 7 heteroatoms. The van der Waals surface area contributed by atoms with Crippen molar-refractivity contribution in [3.63, 3.8) is 0 Å². The molecule has 2 heterocycles. The number of methoxy groups -OCH3 is 1. The highest BCUT2D eigenvalue weighted by Crippen LogP contribution is 2.37. The Kier molecular flexibility index (Phi) is 6.91. The monoisotopic (exact) mass is 449 g/mol. The Morgan fingerprint density at radius 1 is 1.09 bits per heavy atom. The van der Waals surface area contributed by atoms with Gasteiger partial charge in [0, 0.05) is 42.9 Å². The van der Waals surface area contributed by atoms with Gasteiger partial charge in [-0.2, -0.15) is 0 Å². The molecule has 0 bridgehead atoms. The number of carbonyl (C=O) groups is 2. The molecule has 1 saturated heterocycles. The Hall–Kier alpha value is -3.03. The number of nitrogens with zero attached hydrogens (tertiary/aromatic N) is 2. The molecule has 4 rings (SSSR count). The molecule has 0 aromatic heterocycles. The second-order valence-electron chi connectivity index (χ2n) is 8.92. The van der Waals surface area contributed by atoms with Crippen molar-refractivity contribution < 1.29 is 19.1 Å². The molecule has 33 heavy (non-hydrogen) atoms. The number of benzene rings is 2. The highest BCUT2D eigenvalue weighted by molar-refractivity contribution is 6.17. The highest BCUT2D eigenvalue weighted by Gasteiger charge is 2.32. The maximum atomic E-state index is 13.0. The predicted molar refractivity (Wildman–Crippen MR) is 128 cm³/mol. The molecular formula is C26H31N3O4. The van der Waals surface area contributed by atoms with E-state index in [0.717, 1.165) is 55.4 Å². The lowest BCUT2D eigenvalue weighted by Crippen LogP contribution is -2.41. The predicted octanol–water partition coefficient (Wildman–Crippen LogP) is 3.07. The zero-order valence-corrected chi connectivity index (χ0v) is 19.5. The smallest absolute Gasteiger partial charge is 0.251 e. The van der Waals surface area contributed by atoms with Crippen LogP contribution in [0, 0.1) is 0 Å². The minimum absolute atomic E-state index is 0.0282. The van der Waals surface area contributed by atoms with Gasteiger partial charge in [-0.1, -0.05) is 18.2 Å². The van der Waals surface area contributed by atoms with Crippen LogP contribution in [0.1, 0.15) is 52.1 Å². The fraction of sp³-hybridized carbons (Fsp3) is 0.423. The number of ether oxygens (including phenoxy) is 2. The summed E-state index contributed by atoms with van der Waals surface area (Å²) < 4.78 is 10.7. The van der Waals surface area contributed by atoms with Gasteiger partial charge in [-0.25, -0.2) is 0 Å². The second-order valence-corrected chi connectivity index (χ2v) is 8.92. The summed E-state index contributed by atoms with van der Waals surface area (Å²) in [5.41, 5.74) is 3.56. The lowest BCUT2D eigenvalue weighted by Gasteiger charge is -2.26. The van der Waals surface area contributed by atoms with E-state index in [1.165, 1.54) is 0 Å². The summed E-state index contributed by atoms with van der Waals surface area (Å²) in [6, 6.07) is 12.7. The molecule has 0 unspecified atom stereocenters. The van der Waals surface area contributed by atoms with Crippen LogP contribution in [0.2, 0.25) is 0 Å². The first-order chi connectivity index (χ1) is 15.9. The fourth-order valence-electron chi connectivity index (χ4n) is 4.33. The molecule has 7 nitrogen and oxygen atoms in total. The fourth-order valence-corrected chi connectivity index (χ4v) is 4.33. The van der Waals surface area contributed by atoms with Crippen LogP contribution in [0.3, 0.4) is 0 Å². The van der Waals surface area contributed by atoms with Gasteiger partial charge in [-0.05, 0) is 43.7 Å². The summed E-state index contributed by atoms with van der Waals surface area (Å²) in [6.45, 7) is 8.75. The first-order valence-electron chi connectivity index (χ1n) is 11.4. The third-order valence-corrected chi connectivity index (χ3v) is 6.23. The van der Waals surface area contributed by atoms with Gasteiger partial charge >= 0.3 is 0 Å². The number of morpholine rings is 1. The molecule has 1 N–H and O–H groups in total. The van der Waals surface area contributed by atoms with E-state index in [0.29, 0.717) is 17.7 Å². The first kappa shape index (κ1) is 23.1. The molecule has 0 saturated carbocycles. The van der Waals surface area contributed by atoms with Crippen molar-refractivity contribution in [2.45, 2.75) is 25.8 Å². The van der Waals surface area contributed by atoms with E-state index in [1.807, 2.05) is 32.0 Å². The summed E-state index contributed by atoms with van der Waals surface area (Å²) in [5, 5.41) is 2.95. The van der Waals surface area contributed by atoms with E-state index in [4.69, 9.17) is 14.5 Å². The van der Waals surface area contributed by atoms with Crippen LogP contribution in [-0.2, 0) is 10.3 Å². The van der Waals surface area contributed by atoms with Crippen LogP contribution >= 0.6 is 0 Å². The third kappa shape index (κ3) is 5.31. The number of nitrogens with one attached hydrogen (secondary N) is 1. The van der Waals surface area contributed by atoms with Crippen LogP contribution in [0.5, 0.6) is 5.75 Å². The molecule has 1 amide bonds. The normalized spacial score (nSPS) is 17.2. The lowest BCUT2D eigenvalue weighted by molar-refractivity contribution is 0.0383. The molecule has 0 aliphatic carbocycles. The number of hydrogen-bond acceptors (Lipinski definition) is 6. The third-order valence-electron chi connectivity index (χ3n) is 6.23. The van der Waals surface area contributed by atoms with E-state index in [2.05, 4.69) is 10.2 Å². The second kappa shape index (κ2) is 9.85. The van der Waals surface area contributed by atoms with E-state index in [1.54, 1.807) is 31.4 Å². The molecule has 0 radical (unpaired) electrons. The van der Waals surface area contributed by atoms with Crippen molar-refractivity contribution in [2.24, 2.45) is 4.99 Å². The van der Waals surface area contributed by atoms with Gasteiger partial charge in [0.1, 0.15) is 5.75 Å². The van der Waals surface area contributed by atoms with Gasteiger partial charge in [0.15, 0.2) is 5.78 Å². The summed E-state index contributed by atoms with van der Waals surface area (Å²) in [4.78, 5) is 32.5. The summed E-state index contributed by atoms with van der Waals surface area (Å²) in [5.74, 6) is 0.584. The Morgan fingerprint density at radius 2 is 1.79 bits per heavy atom. The Morgan fingerprint density at radius 3 is 2.48 bits per heavy atom. The Balaban J connectivity index is 1.36. The van der Waals surface area contributed by atoms with Crippen LogP contribution in [0.4, 0.5) is 0 Å². The van der Waals surface area contributed by atoms with Crippen molar-refractivity contribution >= 4 is 17.4 Å². The topological polar surface area (TPSA) is 80.2 Å². The number of ketones is 1. The highest BCUT2D eigenvalue weighted by atomic mass is 16.5. The summed E-state index contributed by atoms with van der Waals surface area (Å²) >= 11 is 0. The number of Topliss-reactive ketones (excluding diaryl/α,β-unsaturated/α-hetero) is 1. The molecule has 2 aliphatic rings. The van der Waals surface area contributed by atoms with Gasteiger partial charge < -0.3 is 14.8 Å². The van der Waals surface area contributed by atoms with E-state index in [-0.39, 0.29) is 23.7 Å². The quantitative estimate of drug-likeness (QED) is 0.627. The van der Waals surface area contributed by atoms with Crippen LogP contribution in [-0.4, -0.2) is 68.8 Å². The summed E-state index contributed by atoms with van der Waals surface area (Å²) in [7, 11) is 1.63. The zero-order chi connectivity index (χ0) is 23.4. The SMILES string of the molecule is COc1ccc2c(c1)C(CC(=O)c1ccc(C(=O)NCCN3CCOCC3)cc1)=NC2(C)C. The standard InChI is InChI=1S/C26H31N3O4/c1-26(2)22-9-8-20(32-3)16-21(22)23(28-26)17-24(30)18-4-6-19(7-5-18)25(31)27-10-11-29-12-14-33-15-13-29/h4-9,16H,10-15,17H2,1-3H3,(H,27,31). The van der Waals surface area contributed by atoms with Crippen molar-refractivity contribution in [2.75, 3.05) is 46.5 Å². The largest absolute Gasteiger partial charge is 0.497 e. The van der Waals surface area contributed by atoms with Gasteiger partial charge in [-0.3, -0.25) is 19.5 Å². The number of carbonyl (C=O) groups excluding carboxylic acids is 2. The molecule has 1 fully saturated rings. The minimum Gasteiger partial charge on any atom is -0.497 e. The lowest BCUT2D eigenvalue weighted by atomic mass is 9.91. The molecule has 2 aromatic carbocycles. The molecule has 2 aromatic rings. The molecular weight excluding hydrogens is 418 g/mol. The zero-order valence-electron chi connectivity index (χ0n) is 19.5. The van der Waals surface area contributed by atoms with Gasteiger partial charge in [-0.15, -0.1) is 0 Å². The van der Waals surface area contributed by atoms with Crippen LogP contribution in [0.25, 0.3) is 0 Å². The molecule has 0 atom stereocenters. The Bertz CT molecular complexity index is 1050. The minimum atomic E-state index is -0.375. The summed E-state index contributed by atoms with van der Waals surface area (Å²) in [6.07, 6.45) is 0.203. The average molecular weight is 450 g/mol. The van der Waals surface area contributed by atoms with Crippen molar-refractivity contribution in [1.82, 2.24) is 10.2 Å². The average Bonchev–Trinajstić information content (AvgIpc) is 3.08. The maximum Gasteiger partial charge on any atom is 0.251 e. The molecule has 0 spiro atoms. The number of aliphatic imine (C=N–C) groups is 1. The number of fused-ring (bicyclic) bond motifs is 1. The maximum absolute atomic E-state index is 13.0. The van der Waals surface area contributed by atoms with Gasteiger partial charge in [0.2, 0.25) is 0 Å². The van der Waals surface area contributed by atoms with Crippen molar-refractivity contribution in [3.05, 3.63) is 64.7 Å². The van der Waals surface area contributed by atoms with Gasteiger partial charge in [0.25, 0.3) is 5.91 Å². The number of amides is 1. The first-order valence-corrected chi connectivity index (χ1v) is 11.4. The molecule has 174 valence electrons. The molecule has 2 aliphatic heterocycles. The van der Waals surface area contributed by atoms with E-state index in [9.17, 15) is 9.59 Å². The van der Waals surface area contributed by atoms with E-state index < -0.39 is 0 Å². The number of rotatable bonds is 8. The van der Waals surface area contributed by atoms with Crippen LogP contribution < -0.4 is 10.1 Å². The van der Waals surface area contributed by atoms with Gasteiger partial charge in [0.05, 0.1) is 38.0 Å². The number of hydrogen-bond donors (Lipinski definition) is 1. The van der Waals surface area contributed by atoms with E-state index >= 15 is 0 Å². The van der Waals surface area contributed by atoms with Crippen molar-refractivity contribution in [3.8, 4) is 5.75 Å². The van der Waals surface area contributed by atoms with Crippen molar-refractivity contribution in [1.29, 1.82) is 0 Å². The van der Waals surface area contributed by atoms with Crippen LogP contribution in [0.15, 0.2) is 47.5 Å². The Labute approximate surface area is 194 Å².